The van der Waals surface area contributed by atoms with Gasteiger partial charge in [0.2, 0.25) is 0 Å². The summed E-state index contributed by atoms with van der Waals surface area (Å²) in [6, 6.07) is 7.49. The molecule has 0 spiro atoms. The van der Waals surface area contributed by atoms with Crippen LogP contribution in [0.5, 0.6) is 0 Å². The first-order valence-corrected chi connectivity index (χ1v) is 6.40. The molecule has 0 aliphatic heterocycles. The van der Waals surface area contributed by atoms with Crippen molar-refractivity contribution in [3.05, 3.63) is 23.8 Å². The number of nitriles is 1. The maximum Gasteiger partial charge on any atom is 0.101 e. The minimum atomic E-state index is -0.118. The van der Waals surface area contributed by atoms with Crippen LogP contribution in [-0.4, -0.2) is 17.8 Å². The second-order valence-electron chi connectivity index (χ2n) is 4.97. The first kappa shape index (κ1) is 12.7. The van der Waals surface area contributed by atoms with Crippen LogP contribution < -0.4 is 11.1 Å². The standard InChI is InChI=1S/C14H19N3O/c15-8-11-7-12(16)3-6-14(11)17-9-10-1-4-13(18)5-2-10/h3,6-7,10,13,17-18H,1-2,4-5,9,16H2. The average Bonchev–Trinajstić information content (AvgIpc) is 2.39. The summed E-state index contributed by atoms with van der Waals surface area (Å²) in [4.78, 5) is 0. The first-order valence-electron chi connectivity index (χ1n) is 6.40. The molecular formula is C14H19N3O. The molecule has 0 bridgehead atoms. The third kappa shape index (κ3) is 3.14. The molecule has 0 amide bonds. The highest BCUT2D eigenvalue weighted by molar-refractivity contribution is 5.62. The average molecular weight is 245 g/mol. The number of rotatable bonds is 3. The van der Waals surface area contributed by atoms with Crippen LogP contribution in [0.15, 0.2) is 18.2 Å². The summed E-state index contributed by atoms with van der Waals surface area (Å²) in [5.41, 5.74) is 7.69. The molecule has 1 aromatic carbocycles. The number of nitrogen functional groups attached to an aromatic ring is 1. The number of hydrogen-bond donors (Lipinski definition) is 3. The molecular weight excluding hydrogens is 226 g/mol. The maximum absolute atomic E-state index is 9.45. The minimum absolute atomic E-state index is 0.118. The topological polar surface area (TPSA) is 82.1 Å². The van der Waals surface area contributed by atoms with Gasteiger partial charge in [0.15, 0.2) is 0 Å². The van der Waals surface area contributed by atoms with Crippen LogP contribution in [-0.2, 0) is 0 Å². The van der Waals surface area contributed by atoms with Gasteiger partial charge in [-0.05, 0) is 49.8 Å². The molecule has 1 aromatic rings. The molecule has 1 saturated carbocycles. The van der Waals surface area contributed by atoms with Crippen LogP contribution in [0.3, 0.4) is 0 Å². The SMILES string of the molecule is N#Cc1cc(N)ccc1NCC1CCC(O)CC1. The number of benzene rings is 1. The van der Waals surface area contributed by atoms with Crippen LogP contribution in [0.25, 0.3) is 0 Å². The Kier molecular flexibility index (Phi) is 4.06. The molecule has 4 heteroatoms. The predicted octanol–water partition coefficient (Wildman–Crippen LogP) is 2.10. The van der Waals surface area contributed by atoms with Gasteiger partial charge in [-0.2, -0.15) is 5.26 Å². The fourth-order valence-electron chi connectivity index (χ4n) is 2.41. The van der Waals surface area contributed by atoms with Crippen molar-refractivity contribution in [1.82, 2.24) is 0 Å². The van der Waals surface area contributed by atoms with Crippen LogP contribution in [0.4, 0.5) is 11.4 Å². The van der Waals surface area contributed by atoms with E-state index in [4.69, 9.17) is 11.0 Å². The van der Waals surface area contributed by atoms with Crippen molar-refractivity contribution < 1.29 is 5.11 Å². The number of nitrogens with one attached hydrogen (secondary N) is 1. The van der Waals surface area contributed by atoms with Crippen molar-refractivity contribution in [2.45, 2.75) is 31.8 Å². The van der Waals surface area contributed by atoms with Crippen molar-refractivity contribution in [2.75, 3.05) is 17.6 Å². The van der Waals surface area contributed by atoms with Gasteiger partial charge in [0.1, 0.15) is 6.07 Å². The van der Waals surface area contributed by atoms with Gasteiger partial charge >= 0.3 is 0 Å². The maximum atomic E-state index is 9.45. The predicted molar refractivity (Wildman–Crippen MR) is 72.0 cm³/mol. The van der Waals surface area contributed by atoms with Gasteiger partial charge in [0.05, 0.1) is 17.4 Å². The van der Waals surface area contributed by atoms with E-state index in [1.807, 2.05) is 6.07 Å². The molecule has 0 saturated heterocycles. The zero-order valence-corrected chi connectivity index (χ0v) is 10.4. The molecule has 18 heavy (non-hydrogen) atoms. The van der Waals surface area contributed by atoms with Gasteiger partial charge < -0.3 is 16.2 Å². The molecule has 4 nitrogen and oxygen atoms in total. The van der Waals surface area contributed by atoms with E-state index >= 15 is 0 Å². The van der Waals surface area contributed by atoms with Gasteiger partial charge in [-0.1, -0.05) is 0 Å². The van der Waals surface area contributed by atoms with Crippen molar-refractivity contribution in [2.24, 2.45) is 5.92 Å². The monoisotopic (exact) mass is 245 g/mol. The third-order valence-electron chi connectivity index (χ3n) is 3.56. The van der Waals surface area contributed by atoms with E-state index in [2.05, 4.69) is 11.4 Å². The Balaban J connectivity index is 1.92. The Morgan fingerprint density at radius 3 is 2.72 bits per heavy atom. The molecule has 0 unspecified atom stereocenters. The van der Waals surface area contributed by atoms with Crippen molar-refractivity contribution in [3.63, 3.8) is 0 Å². The molecule has 1 aliphatic rings. The molecule has 96 valence electrons. The van der Waals surface area contributed by atoms with E-state index in [9.17, 15) is 5.11 Å². The lowest BCUT2D eigenvalue weighted by molar-refractivity contribution is 0.111. The van der Waals surface area contributed by atoms with E-state index < -0.39 is 0 Å². The molecule has 0 atom stereocenters. The van der Waals surface area contributed by atoms with Gasteiger partial charge in [-0.3, -0.25) is 0 Å². The summed E-state index contributed by atoms with van der Waals surface area (Å²) in [5.74, 6) is 0.581. The van der Waals surface area contributed by atoms with E-state index in [1.54, 1.807) is 12.1 Å². The summed E-state index contributed by atoms with van der Waals surface area (Å²) in [6.45, 7) is 0.852. The van der Waals surface area contributed by atoms with Gasteiger partial charge in [-0.25, -0.2) is 0 Å². The van der Waals surface area contributed by atoms with E-state index in [-0.39, 0.29) is 6.10 Å². The summed E-state index contributed by atoms with van der Waals surface area (Å²) >= 11 is 0. The number of nitrogens with zero attached hydrogens (tertiary/aromatic N) is 1. The Hall–Kier alpha value is -1.73. The first-order chi connectivity index (χ1) is 8.69. The lowest BCUT2D eigenvalue weighted by Gasteiger charge is -2.26. The molecule has 1 aliphatic carbocycles. The largest absolute Gasteiger partial charge is 0.399 e. The molecule has 1 fully saturated rings. The van der Waals surface area contributed by atoms with Crippen molar-refractivity contribution in [1.29, 1.82) is 5.26 Å². The third-order valence-corrected chi connectivity index (χ3v) is 3.56. The molecule has 2 rings (SSSR count). The fraction of sp³-hybridized carbons (Fsp3) is 0.500. The Bertz CT molecular complexity index is 445. The lowest BCUT2D eigenvalue weighted by atomic mass is 9.87. The second-order valence-corrected chi connectivity index (χ2v) is 4.97. The highest BCUT2D eigenvalue weighted by atomic mass is 16.3. The van der Waals surface area contributed by atoms with Crippen LogP contribution in [0.1, 0.15) is 31.2 Å². The van der Waals surface area contributed by atoms with Gasteiger partial charge in [0, 0.05) is 12.2 Å². The molecule has 4 N–H and O–H groups in total. The zero-order valence-electron chi connectivity index (χ0n) is 10.4. The summed E-state index contributed by atoms with van der Waals surface area (Å²) in [5, 5.41) is 21.8. The Morgan fingerprint density at radius 1 is 1.33 bits per heavy atom. The van der Waals surface area contributed by atoms with Crippen LogP contribution in [0.2, 0.25) is 0 Å². The number of hydrogen-bond acceptors (Lipinski definition) is 4. The number of nitrogens with two attached hydrogens (primary N) is 1. The summed E-state index contributed by atoms with van der Waals surface area (Å²) in [6.07, 6.45) is 3.75. The smallest absolute Gasteiger partial charge is 0.101 e. The Morgan fingerprint density at radius 2 is 2.06 bits per heavy atom. The highest BCUT2D eigenvalue weighted by Gasteiger charge is 2.19. The van der Waals surface area contributed by atoms with E-state index in [0.717, 1.165) is 37.9 Å². The minimum Gasteiger partial charge on any atom is -0.399 e. The second kappa shape index (κ2) is 5.74. The van der Waals surface area contributed by atoms with Gasteiger partial charge in [-0.15, -0.1) is 0 Å². The summed E-state index contributed by atoms with van der Waals surface area (Å²) in [7, 11) is 0. The molecule has 0 heterocycles. The highest BCUT2D eigenvalue weighted by Crippen LogP contribution is 2.25. The summed E-state index contributed by atoms with van der Waals surface area (Å²) < 4.78 is 0. The van der Waals surface area contributed by atoms with E-state index in [1.165, 1.54) is 0 Å². The number of aliphatic hydroxyl groups excluding tert-OH is 1. The number of aliphatic hydroxyl groups is 1. The Labute approximate surface area is 107 Å². The van der Waals surface area contributed by atoms with Crippen LogP contribution >= 0.6 is 0 Å². The lowest BCUT2D eigenvalue weighted by Crippen LogP contribution is -2.23. The number of anilines is 2. The van der Waals surface area contributed by atoms with Gasteiger partial charge in [0.25, 0.3) is 0 Å². The van der Waals surface area contributed by atoms with E-state index in [0.29, 0.717) is 17.2 Å². The van der Waals surface area contributed by atoms with Crippen LogP contribution in [0, 0.1) is 17.2 Å². The van der Waals surface area contributed by atoms with Crippen molar-refractivity contribution in [3.8, 4) is 6.07 Å². The quantitative estimate of drug-likeness (QED) is 0.712. The molecule has 0 radical (unpaired) electrons. The molecule has 0 aromatic heterocycles. The van der Waals surface area contributed by atoms with Crippen molar-refractivity contribution >= 4 is 11.4 Å². The zero-order chi connectivity index (χ0) is 13.0. The fourth-order valence-corrected chi connectivity index (χ4v) is 2.41. The normalized spacial score (nSPS) is 23.3.